The summed E-state index contributed by atoms with van der Waals surface area (Å²) in [4.78, 5) is 2.06. The maximum Gasteiger partial charge on any atom is 0.0955 e. The number of hydrogen-bond acceptors (Lipinski definition) is 4. The fourth-order valence-corrected chi connectivity index (χ4v) is 2.03. The monoisotopic (exact) mass is 221 g/mol. The molecule has 1 aromatic carbocycles. The van der Waals surface area contributed by atoms with Crippen molar-refractivity contribution in [1.82, 2.24) is 10.2 Å². The van der Waals surface area contributed by atoms with Crippen LogP contribution >= 0.6 is 0 Å². The first-order chi connectivity index (χ1) is 7.68. The van der Waals surface area contributed by atoms with Crippen LogP contribution in [0.15, 0.2) is 30.3 Å². The van der Waals surface area contributed by atoms with Gasteiger partial charge in [0.2, 0.25) is 0 Å². The summed E-state index contributed by atoms with van der Waals surface area (Å²) in [5.74, 6) is 0. The van der Waals surface area contributed by atoms with Gasteiger partial charge in [-0.2, -0.15) is 0 Å². The molecule has 0 aliphatic carbocycles. The third-order valence-corrected chi connectivity index (χ3v) is 3.16. The van der Waals surface area contributed by atoms with E-state index in [0.717, 1.165) is 12.1 Å². The number of rotatable bonds is 2. The van der Waals surface area contributed by atoms with Crippen LogP contribution in [0.4, 0.5) is 0 Å². The molecule has 4 nitrogen and oxygen atoms in total. The molecule has 1 aliphatic rings. The summed E-state index contributed by atoms with van der Waals surface area (Å²) in [5, 5.41) is 13.5. The maximum atomic E-state index is 10.2. The van der Waals surface area contributed by atoms with Crippen LogP contribution in [0.3, 0.4) is 0 Å². The Balaban J connectivity index is 2.03. The summed E-state index contributed by atoms with van der Waals surface area (Å²) < 4.78 is 0. The Bertz CT molecular complexity index is 330. The van der Waals surface area contributed by atoms with Crippen LogP contribution in [-0.2, 0) is 0 Å². The molecule has 1 heterocycles. The summed E-state index contributed by atoms with van der Waals surface area (Å²) in [7, 11) is 1.98. The van der Waals surface area contributed by atoms with Crippen LogP contribution in [0.2, 0.25) is 0 Å². The van der Waals surface area contributed by atoms with Crippen LogP contribution in [0.25, 0.3) is 0 Å². The number of aliphatic hydroxyl groups is 1. The van der Waals surface area contributed by atoms with Gasteiger partial charge in [0.15, 0.2) is 0 Å². The lowest BCUT2D eigenvalue weighted by atomic mass is 10.0. The number of hydrogen-bond donors (Lipinski definition) is 3. The fourth-order valence-electron chi connectivity index (χ4n) is 2.03. The summed E-state index contributed by atoms with van der Waals surface area (Å²) in [5.41, 5.74) is 6.81. The molecule has 0 saturated carbocycles. The van der Waals surface area contributed by atoms with Gasteiger partial charge in [-0.1, -0.05) is 30.3 Å². The van der Waals surface area contributed by atoms with E-state index in [1.165, 1.54) is 0 Å². The normalized spacial score (nSPS) is 28.9. The zero-order valence-corrected chi connectivity index (χ0v) is 9.50. The van der Waals surface area contributed by atoms with Crippen LogP contribution in [0.1, 0.15) is 11.7 Å². The van der Waals surface area contributed by atoms with Crippen LogP contribution in [0.5, 0.6) is 0 Å². The summed E-state index contributed by atoms with van der Waals surface area (Å²) in [6.45, 7) is 1.47. The fraction of sp³-hybridized carbons (Fsp3) is 0.500. The first-order valence-corrected chi connectivity index (χ1v) is 5.60. The second kappa shape index (κ2) is 4.93. The van der Waals surface area contributed by atoms with Gasteiger partial charge in [0.05, 0.1) is 18.3 Å². The largest absolute Gasteiger partial charge is 0.387 e. The van der Waals surface area contributed by atoms with Crippen molar-refractivity contribution in [3.63, 3.8) is 0 Å². The van der Waals surface area contributed by atoms with Crippen LogP contribution < -0.4 is 11.1 Å². The topological polar surface area (TPSA) is 61.5 Å². The Morgan fingerprint density at radius 3 is 2.75 bits per heavy atom. The molecule has 4 heteroatoms. The molecule has 1 aliphatic heterocycles. The number of likely N-dealkylation sites (N-methyl/N-ethyl adjacent to an activating group) is 1. The van der Waals surface area contributed by atoms with E-state index < -0.39 is 6.10 Å². The van der Waals surface area contributed by atoms with Gasteiger partial charge >= 0.3 is 0 Å². The Labute approximate surface area is 96.1 Å². The summed E-state index contributed by atoms with van der Waals surface area (Å²) >= 11 is 0. The zero-order chi connectivity index (χ0) is 11.5. The van der Waals surface area contributed by atoms with Gasteiger partial charge in [0, 0.05) is 13.1 Å². The molecule has 88 valence electrons. The van der Waals surface area contributed by atoms with E-state index in [0.29, 0.717) is 6.54 Å². The zero-order valence-electron chi connectivity index (χ0n) is 9.50. The molecule has 0 aromatic heterocycles. The van der Waals surface area contributed by atoms with Crippen molar-refractivity contribution in [1.29, 1.82) is 0 Å². The average Bonchev–Trinajstić information content (AvgIpc) is 2.33. The van der Waals surface area contributed by atoms with E-state index in [2.05, 4.69) is 10.2 Å². The Morgan fingerprint density at radius 1 is 1.44 bits per heavy atom. The third kappa shape index (κ3) is 2.41. The molecule has 0 amide bonds. The van der Waals surface area contributed by atoms with Gasteiger partial charge in [0.1, 0.15) is 0 Å². The molecule has 4 N–H and O–H groups in total. The SMILES string of the molecule is CN1CC(C(O)c2ccccc2)NCC1N. The van der Waals surface area contributed by atoms with Gasteiger partial charge in [-0.25, -0.2) is 0 Å². The quantitative estimate of drug-likeness (QED) is 0.653. The molecule has 16 heavy (non-hydrogen) atoms. The lowest BCUT2D eigenvalue weighted by Crippen LogP contribution is -2.60. The Hall–Kier alpha value is -0.940. The highest BCUT2D eigenvalue weighted by molar-refractivity contribution is 5.19. The lowest BCUT2D eigenvalue weighted by molar-refractivity contribution is 0.0672. The van der Waals surface area contributed by atoms with Crippen molar-refractivity contribution in [2.45, 2.75) is 18.3 Å². The van der Waals surface area contributed by atoms with Gasteiger partial charge < -0.3 is 16.2 Å². The van der Waals surface area contributed by atoms with Crippen molar-refractivity contribution in [3.8, 4) is 0 Å². The Kier molecular flexibility index (Phi) is 3.56. The van der Waals surface area contributed by atoms with E-state index >= 15 is 0 Å². The van der Waals surface area contributed by atoms with E-state index in [1.807, 2.05) is 37.4 Å². The van der Waals surface area contributed by atoms with E-state index in [-0.39, 0.29) is 12.2 Å². The smallest absolute Gasteiger partial charge is 0.0955 e. The molecule has 3 atom stereocenters. The van der Waals surface area contributed by atoms with Crippen LogP contribution in [0, 0.1) is 0 Å². The van der Waals surface area contributed by atoms with Gasteiger partial charge in [-0.05, 0) is 12.6 Å². The number of nitrogens with one attached hydrogen (secondary N) is 1. The van der Waals surface area contributed by atoms with E-state index in [1.54, 1.807) is 0 Å². The highest BCUT2D eigenvalue weighted by Gasteiger charge is 2.28. The first kappa shape index (κ1) is 11.5. The predicted octanol–water partition coefficient (Wildman–Crippen LogP) is -0.0916. The Morgan fingerprint density at radius 2 is 2.12 bits per heavy atom. The molecule has 1 saturated heterocycles. The van der Waals surface area contributed by atoms with E-state index in [4.69, 9.17) is 5.73 Å². The van der Waals surface area contributed by atoms with Crippen molar-refractivity contribution in [3.05, 3.63) is 35.9 Å². The molecule has 3 unspecified atom stereocenters. The summed E-state index contributed by atoms with van der Waals surface area (Å²) in [6.07, 6.45) is -0.435. The minimum Gasteiger partial charge on any atom is -0.387 e. The highest BCUT2D eigenvalue weighted by atomic mass is 16.3. The maximum absolute atomic E-state index is 10.2. The number of nitrogens with zero attached hydrogens (tertiary/aromatic N) is 1. The molecule has 0 bridgehead atoms. The molecule has 2 rings (SSSR count). The molecule has 1 fully saturated rings. The minimum absolute atomic E-state index is 0.0409. The summed E-state index contributed by atoms with van der Waals surface area (Å²) in [6, 6.07) is 9.77. The van der Waals surface area contributed by atoms with Crippen molar-refractivity contribution >= 4 is 0 Å². The van der Waals surface area contributed by atoms with Crippen molar-refractivity contribution in [2.24, 2.45) is 5.73 Å². The predicted molar refractivity (Wildman–Crippen MR) is 63.8 cm³/mol. The van der Waals surface area contributed by atoms with Gasteiger partial charge in [-0.3, -0.25) is 4.90 Å². The lowest BCUT2D eigenvalue weighted by Gasteiger charge is -2.38. The second-order valence-electron chi connectivity index (χ2n) is 4.38. The molecule has 1 aromatic rings. The standard InChI is InChI=1S/C12H19N3O/c1-15-8-10(14-7-11(15)13)12(16)9-5-3-2-4-6-9/h2-6,10-12,14,16H,7-8,13H2,1H3. The number of benzene rings is 1. The van der Waals surface area contributed by atoms with Crippen molar-refractivity contribution in [2.75, 3.05) is 20.1 Å². The first-order valence-electron chi connectivity index (χ1n) is 5.60. The number of aliphatic hydroxyl groups excluding tert-OH is 1. The molecule has 0 spiro atoms. The molecule has 0 radical (unpaired) electrons. The van der Waals surface area contributed by atoms with Crippen LogP contribution in [-0.4, -0.2) is 42.4 Å². The molecular formula is C12H19N3O. The third-order valence-electron chi connectivity index (χ3n) is 3.16. The van der Waals surface area contributed by atoms with Gasteiger partial charge in [-0.15, -0.1) is 0 Å². The van der Waals surface area contributed by atoms with Gasteiger partial charge in [0.25, 0.3) is 0 Å². The number of nitrogens with two attached hydrogens (primary N) is 1. The average molecular weight is 221 g/mol. The number of piperazine rings is 1. The second-order valence-corrected chi connectivity index (χ2v) is 4.38. The van der Waals surface area contributed by atoms with E-state index in [9.17, 15) is 5.11 Å². The minimum atomic E-state index is -0.476. The molecular weight excluding hydrogens is 202 g/mol. The highest BCUT2D eigenvalue weighted by Crippen LogP contribution is 2.18. The van der Waals surface area contributed by atoms with Crippen molar-refractivity contribution < 1.29 is 5.11 Å².